The van der Waals surface area contributed by atoms with E-state index in [4.69, 9.17) is 31.1 Å². The lowest BCUT2D eigenvalue weighted by atomic mass is 10.2. The largest absolute Gasteiger partial charge is 0.369 e. The van der Waals surface area contributed by atoms with Crippen molar-refractivity contribution in [1.29, 1.82) is 0 Å². The van der Waals surface area contributed by atoms with Gasteiger partial charge >= 0.3 is 7.60 Å². The molecule has 4 rings (SSSR count). The van der Waals surface area contributed by atoms with Crippen LogP contribution in [0.25, 0.3) is 11.2 Å². The normalized spacial score (nSPS) is 13.0. The highest BCUT2D eigenvalue weighted by Crippen LogP contribution is 2.49. The van der Waals surface area contributed by atoms with E-state index in [2.05, 4.69) is 15.0 Å². The quantitative estimate of drug-likeness (QED) is 0.166. The molecule has 1 atom stereocenters. The molecule has 2 aromatic carbocycles. The second-order valence-electron chi connectivity index (χ2n) is 8.45. The summed E-state index contributed by atoms with van der Waals surface area (Å²) in [5.41, 5.74) is 8.02. The van der Waals surface area contributed by atoms with E-state index >= 15 is 0 Å². The molecule has 3 N–H and O–H groups in total. The van der Waals surface area contributed by atoms with Crippen molar-refractivity contribution in [2.45, 2.75) is 20.1 Å². The molecule has 2 heterocycles. The van der Waals surface area contributed by atoms with Crippen LogP contribution in [0, 0.1) is 6.92 Å². The molecule has 2 aromatic heterocycles. The van der Waals surface area contributed by atoms with Gasteiger partial charge in [0.25, 0.3) is 5.56 Å². The van der Waals surface area contributed by atoms with Gasteiger partial charge in [0.15, 0.2) is 11.2 Å². The third-order valence-corrected chi connectivity index (χ3v) is 8.13. The number of aromatic amines is 1. The highest BCUT2D eigenvalue weighted by atomic mass is 35.5. The summed E-state index contributed by atoms with van der Waals surface area (Å²) in [5.74, 6) is 0.251. The smallest absolute Gasteiger partial charge is 0.356 e. The topological polar surface area (TPSA) is 151 Å². The van der Waals surface area contributed by atoms with Gasteiger partial charge in [-0.2, -0.15) is 4.98 Å². The molecule has 206 valence electrons. The molecule has 0 saturated heterocycles. The fraction of sp³-hybridized carbons (Fsp3) is 0.280. The van der Waals surface area contributed by atoms with Crippen molar-refractivity contribution in [1.82, 2.24) is 19.5 Å². The number of carbonyl (C=O) groups is 1. The van der Waals surface area contributed by atoms with Crippen LogP contribution in [0.2, 0.25) is 5.02 Å². The van der Waals surface area contributed by atoms with Gasteiger partial charge in [-0.15, -0.1) is 0 Å². The fourth-order valence-electron chi connectivity index (χ4n) is 3.47. The zero-order valence-electron chi connectivity index (χ0n) is 21.0. The Kier molecular flexibility index (Phi) is 9.95. The number of rotatable bonds is 13. The number of nitrogens with one attached hydrogen (secondary N) is 1. The Hall–Kier alpha value is -2.99. The highest BCUT2D eigenvalue weighted by Gasteiger charge is 2.26. The Labute approximate surface area is 233 Å². The summed E-state index contributed by atoms with van der Waals surface area (Å²) in [5, 5.41) is 0.417. The summed E-state index contributed by atoms with van der Waals surface area (Å²) in [6.45, 7) is 2.32. The van der Waals surface area contributed by atoms with E-state index in [1.54, 1.807) is 41.0 Å². The van der Waals surface area contributed by atoms with Crippen LogP contribution < -0.4 is 11.3 Å². The number of aryl methyl sites for hydroxylation is 1. The first-order valence-corrected chi connectivity index (χ1v) is 15.0. The monoisotopic (exact) mass is 591 g/mol. The maximum Gasteiger partial charge on any atom is 0.356 e. The molecular weight excluding hydrogens is 565 g/mol. The van der Waals surface area contributed by atoms with Gasteiger partial charge in [0.2, 0.25) is 11.1 Å². The number of ether oxygens (including phenoxy) is 1. The van der Waals surface area contributed by atoms with Crippen LogP contribution in [0.5, 0.6) is 0 Å². The summed E-state index contributed by atoms with van der Waals surface area (Å²) >= 11 is 7.11. The molecular formula is C25H27ClN5O6PS. The molecule has 14 heteroatoms. The summed E-state index contributed by atoms with van der Waals surface area (Å²) in [6, 6.07) is 14.2. The Morgan fingerprint density at radius 3 is 2.74 bits per heavy atom. The van der Waals surface area contributed by atoms with Crippen molar-refractivity contribution in [3.63, 3.8) is 0 Å². The molecule has 1 unspecified atom stereocenters. The van der Waals surface area contributed by atoms with Crippen molar-refractivity contribution < 1.29 is 23.1 Å². The van der Waals surface area contributed by atoms with Crippen LogP contribution in [-0.4, -0.2) is 49.9 Å². The molecule has 0 aliphatic carbocycles. The second kappa shape index (κ2) is 13.4. The van der Waals surface area contributed by atoms with Gasteiger partial charge in [-0.1, -0.05) is 65.3 Å². The predicted octanol–water partition coefficient (Wildman–Crippen LogP) is 4.64. The minimum Gasteiger partial charge on any atom is -0.369 e. The van der Waals surface area contributed by atoms with Crippen molar-refractivity contribution >= 4 is 53.2 Å². The van der Waals surface area contributed by atoms with E-state index in [9.17, 15) is 14.2 Å². The predicted molar refractivity (Wildman–Crippen MR) is 151 cm³/mol. The molecule has 39 heavy (non-hydrogen) atoms. The number of fused-ring (bicyclic) bond motifs is 1. The Morgan fingerprint density at radius 2 is 1.97 bits per heavy atom. The lowest BCUT2D eigenvalue weighted by Crippen LogP contribution is -2.13. The number of nitrogens with zero attached hydrogens (tertiary/aromatic N) is 3. The molecule has 0 aliphatic rings. The van der Waals surface area contributed by atoms with Crippen LogP contribution in [0.1, 0.15) is 21.5 Å². The van der Waals surface area contributed by atoms with Crippen molar-refractivity contribution in [3.05, 3.63) is 86.9 Å². The van der Waals surface area contributed by atoms with E-state index in [0.717, 1.165) is 17.3 Å². The number of benzene rings is 2. The van der Waals surface area contributed by atoms with E-state index in [-0.39, 0.29) is 55.0 Å². The molecule has 4 aromatic rings. The molecule has 0 amide bonds. The Bertz CT molecular complexity index is 1540. The molecule has 0 radical (unpaired) electrons. The number of H-pyrrole nitrogens is 1. The summed E-state index contributed by atoms with van der Waals surface area (Å²) in [4.78, 5) is 34.9. The van der Waals surface area contributed by atoms with Crippen LogP contribution in [-0.2, 0) is 31.5 Å². The Balaban J connectivity index is 1.33. The molecule has 0 aliphatic heterocycles. The number of nitrogen functional groups attached to an aromatic ring is 1. The van der Waals surface area contributed by atoms with E-state index in [1.807, 2.05) is 19.1 Å². The SMILES string of the molecule is Cc1ccc(C(=O)SCCOP(=O)(COCCn2cnc3c(=O)[nH]c(N)nc32)OCc2cccc(Cl)c2)cc1. The maximum atomic E-state index is 13.5. The molecule has 0 spiro atoms. The number of aromatic nitrogens is 4. The van der Waals surface area contributed by atoms with Crippen LogP contribution in [0.4, 0.5) is 5.95 Å². The first-order valence-electron chi connectivity index (χ1n) is 11.9. The summed E-state index contributed by atoms with van der Waals surface area (Å²) in [6.07, 6.45) is 1.12. The fourth-order valence-corrected chi connectivity index (χ4v) is 5.75. The molecule has 0 saturated carbocycles. The standard InChI is InChI=1S/C25H27ClN5O6PS/c1-17-5-7-19(8-6-17)24(33)39-12-11-36-38(34,37-14-18-3-2-4-20(26)13-18)16-35-10-9-31-15-28-21-22(31)29-25(27)30-23(21)32/h2-8,13,15H,9-12,14,16H2,1H3,(H3,27,29,30,32). The minimum absolute atomic E-state index is 0.00519. The number of halogens is 1. The minimum atomic E-state index is -3.71. The number of anilines is 1. The van der Waals surface area contributed by atoms with Crippen LogP contribution in [0.15, 0.2) is 59.7 Å². The number of carbonyl (C=O) groups excluding carboxylic acids is 1. The number of hydrogen-bond donors (Lipinski definition) is 2. The lowest BCUT2D eigenvalue weighted by molar-refractivity contribution is 0.108. The number of imidazole rings is 1. The lowest BCUT2D eigenvalue weighted by Gasteiger charge is -2.19. The average molecular weight is 592 g/mol. The van der Waals surface area contributed by atoms with Gasteiger partial charge in [0, 0.05) is 22.9 Å². The summed E-state index contributed by atoms with van der Waals surface area (Å²) < 4.78 is 32.1. The van der Waals surface area contributed by atoms with Crippen LogP contribution >= 0.6 is 31.0 Å². The van der Waals surface area contributed by atoms with Crippen molar-refractivity contribution in [3.8, 4) is 0 Å². The highest BCUT2D eigenvalue weighted by molar-refractivity contribution is 8.14. The summed E-state index contributed by atoms with van der Waals surface area (Å²) in [7, 11) is -3.71. The third-order valence-electron chi connectivity index (χ3n) is 5.43. The van der Waals surface area contributed by atoms with Gasteiger partial charge in [-0.25, -0.2) is 4.98 Å². The van der Waals surface area contributed by atoms with Gasteiger partial charge in [-0.3, -0.25) is 19.1 Å². The van der Waals surface area contributed by atoms with E-state index < -0.39 is 13.2 Å². The second-order valence-corrected chi connectivity index (χ2v) is 11.9. The third kappa shape index (κ3) is 8.25. The average Bonchev–Trinajstić information content (AvgIpc) is 3.31. The molecule has 0 fully saturated rings. The first kappa shape index (κ1) is 29.0. The van der Waals surface area contributed by atoms with Gasteiger partial charge < -0.3 is 24.1 Å². The number of hydrogen-bond acceptors (Lipinski definition) is 10. The van der Waals surface area contributed by atoms with Gasteiger partial charge in [0.05, 0.1) is 26.1 Å². The van der Waals surface area contributed by atoms with Crippen molar-refractivity contribution in [2.75, 3.05) is 31.0 Å². The Morgan fingerprint density at radius 1 is 1.18 bits per heavy atom. The van der Waals surface area contributed by atoms with Gasteiger partial charge in [-0.05, 0) is 24.6 Å². The molecule has 11 nitrogen and oxygen atoms in total. The van der Waals surface area contributed by atoms with E-state index in [1.165, 1.54) is 6.33 Å². The number of nitrogens with two attached hydrogens (primary N) is 1. The van der Waals surface area contributed by atoms with Crippen molar-refractivity contribution in [2.24, 2.45) is 0 Å². The first-order chi connectivity index (χ1) is 18.7. The van der Waals surface area contributed by atoms with Crippen LogP contribution in [0.3, 0.4) is 0 Å². The zero-order valence-corrected chi connectivity index (χ0v) is 23.5. The maximum absolute atomic E-state index is 13.5. The molecule has 0 bridgehead atoms. The van der Waals surface area contributed by atoms with E-state index in [0.29, 0.717) is 21.8 Å². The van der Waals surface area contributed by atoms with Gasteiger partial charge in [0.1, 0.15) is 6.35 Å². The number of thioether (sulfide) groups is 1. The zero-order chi connectivity index (χ0) is 27.8.